The van der Waals surface area contributed by atoms with Crippen LogP contribution in [0.15, 0.2) is 30.9 Å². The fraction of sp³-hybridized carbons (Fsp3) is 0.167. The number of amides is 2. The lowest BCUT2D eigenvalue weighted by Gasteiger charge is -2.07. The number of hydrogen-bond acceptors (Lipinski definition) is 2. The normalized spacial score (nSPS) is 9.67. The molecule has 1 aromatic rings. The molecular formula is C12H12Cl2N2O2. The van der Waals surface area contributed by atoms with Crippen LogP contribution in [0.25, 0.3) is 0 Å². The number of halogens is 2. The van der Waals surface area contributed by atoms with E-state index in [1.54, 1.807) is 12.1 Å². The van der Waals surface area contributed by atoms with Gasteiger partial charge in [-0.05, 0) is 18.2 Å². The Hall–Kier alpha value is -1.52. The van der Waals surface area contributed by atoms with E-state index in [1.807, 2.05) is 0 Å². The maximum absolute atomic E-state index is 11.6. The van der Waals surface area contributed by atoms with E-state index in [0.717, 1.165) is 0 Å². The minimum atomic E-state index is -0.458. The van der Waals surface area contributed by atoms with Crippen molar-refractivity contribution in [1.82, 2.24) is 5.32 Å². The molecule has 0 saturated carbocycles. The highest BCUT2D eigenvalue weighted by Gasteiger charge is 2.10. The number of rotatable bonds is 5. The largest absolute Gasteiger partial charge is 0.352 e. The third-order valence-electron chi connectivity index (χ3n) is 1.97. The Morgan fingerprint density at radius 1 is 1.28 bits per heavy atom. The fourth-order valence-corrected chi connectivity index (χ4v) is 1.52. The summed E-state index contributed by atoms with van der Waals surface area (Å²) in [5, 5.41) is 5.82. The van der Waals surface area contributed by atoms with E-state index >= 15 is 0 Å². The summed E-state index contributed by atoms with van der Waals surface area (Å²) in [5.74, 6) is -0.841. The second-order valence-electron chi connectivity index (χ2n) is 3.44. The summed E-state index contributed by atoms with van der Waals surface area (Å²) in [6.07, 6.45) is 1.25. The molecule has 0 saturated heterocycles. The van der Waals surface area contributed by atoms with Gasteiger partial charge < -0.3 is 10.6 Å². The maximum Gasteiger partial charge on any atom is 0.233 e. The Labute approximate surface area is 115 Å². The molecule has 0 aliphatic carbocycles. The molecule has 0 fully saturated rings. The van der Waals surface area contributed by atoms with Gasteiger partial charge in [0.1, 0.15) is 6.42 Å². The summed E-state index contributed by atoms with van der Waals surface area (Å²) in [6.45, 7) is 3.78. The number of carbonyl (C=O) groups excluding carboxylic acids is 2. The summed E-state index contributed by atoms with van der Waals surface area (Å²) < 4.78 is 0. The van der Waals surface area contributed by atoms with Crippen molar-refractivity contribution in [3.8, 4) is 0 Å². The van der Waals surface area contributed by atoms with Crippen LogP contribution in [-0.2, 0) is 9.59 Å². The average molecular weight is 287 g/mol. The van der Waals surface area contributed by atoms with Crippen LogP contribution >= 0.6 is 23.2 Å². The number of nitrogens with one attached hydrogen (secondary N) is 2. The summed E-state index contributed by atoms with van der Waals surface area (Å²) >= 11 is 11.6. The number of carbonyl (C=O) groups is 2. The van der Waals surface area contributed by atoms with Crippen LogP contribution in [0.2, 0.25) is 10.0 Å². The van der Waals surface area contributed by atoms with Gasteiger partial charge >= 0.3 is 0 Å². The van der Waals surface area contributed by atoms with E-state index in [1.165, 1.54) is 12.1 Å². The highest BCUT2D eigenvalue weighted by Crippen LogP contribution is 2.25. The molecule has 0 aromatic heterocycles. The molecule has 2 N–H and O–H groups in total. The fourth-order valence-electron chi connectivity index (χ4n) is 1.18. The van der Waals surface area contributed by atoms with Crippen LogP contribution < -0.4 is 10.6 Å². The molecule has 4 nitrogen and oxygen atoms in total. The van der Waals surface area contributed by atoms with E-state index in [-0.39, 0.29) is 12.3 Å². The summed E-state index contributed by atoms with van der Waals surface area (Å²) in [6, 6.07) is 4.69. The van der Waals surface area contributed by atoms with Crippen molar-refractivity contribution >= 4 is 40.7 Å². The molecule has 0 bridgehead atoms. The molecule has 1 rings (SSSR count). The molecule has 0 spiro atoms. The van der Waals surface area contributed by atoms with Crippen LogP contribution in [0.3, 0.4) is 0 Å². The molecule has 0 aliphatic rings. The Morgan fingerprint density at radius 3 is 2.67 bits per heavy atom. The Balaban J connectivity index is 2.56. The lowest BCUT2D eigenvalue weighted by molar-refractivity contribution is -0.126. The monoisotopic (exact) mass is 286 g/mol. The van der Waals surface area contributed by atoms with Crippen LogP contribution in [-0.4, -0.2) is 18.4 Å². The second kappa shape index (κ2) is 7.03. The van der Waals surface area contributed by atoms with Gasteiger partial charge in [0.05, 0.1) is 10.7 Å². The molecule has 2 amide bonds. The third-order valence-corrected chi connectivity index (χ3v) is 2.53. The van der Waals surface area contributed by atoms with Crippen molar-refractivity contribution in [3.63, 3.8) is 0 Å². The standard InChI is InChI=1S/C12H12Cl2N2O2/c1-2-5-15-11(17)7-12(18)16-10-6-8(13)3-4-9(10)14/h2-4,6H,1,5,7H2,(H,15,17)(H,16,18). The van der Waals surface area contributed by atoms with Gasteiger partial charge in [0.2, 0.25) is 11.8 Å². The van der Waals surface area contributed by atoms with Crippen LogP contribution in [0.4, 0.5) is 5.69 Å². The Kier molecular flexibility index (Phi) is 5.68. The predicted molar refractivity (Wildman–Crippen MR) is 72.9 cm³/mol. The number of hydrogen-bond donors (Lipinski definition) is 2. The van der Waals surface area contributed by atoms with Crippen molar-refractivity contribution in [3.05, 3.63) is 40.9 Å². The van der Waals surface area contributed by atoms with Gasteiger partial charge in [0, 0.05) is 11.6 Å². The molecule has 0 unspecified atom stereocenters. The Bertz CT molecular complexity index is 475. The van der Waals surface area contributed by atoms with Gasteiger partial charge in [-0.2, -0.15) is 0 Å². The predicted octanol–water partition coefficient (Wildman–Crippen LogP) is 2.62. The maximum atomic E-state index is 11.6. The zero-order valence-electron chi connectivity index (χ0n) is 9.50. The van der Waals surface area contributed by atoms with Crippen LogP contribution in [0.1, 0.15) is 6.42 Å². The summed E-state index contributed by atoms with van der Waals surface area (Å²) in [7, 11) is 0. The van der Waals surface area contributed by atoms with Crippen molar-refractivity contribution in [2.24, 2.45) is 0 Å². The molecular weight excluding hydrogens is 275 g/mol. The highest BCUT2D eigenvalue weighted by molar-refractivity contribution is 6.35. The molecule has 0 atom stereocenters. The SMILES string of the molecule is C=CCNC(=O)CC(=O)Nc1cc(Cl)ccc1Cl. The zero-order valence-corrected chi connectivity index (χ0v) is 11.0. The molecule has 96 valence electrons. The van der Waals surface area contributed by atoms with Gasteiger partial charge in [0.25, 0.3) is 0 Å². The first kappa shape index (κ1) is 14.5. The van der Waals surface area contributed by atoms with E-state index in [0.29, 0.717) is 22.3 Å². The first-order valence-corrected chi connectivity index (χ1v) is 5.91. The van der Waals surface area contributed by atoms with E-state index in [9.17, 15) is 9.59 Å². The lowest BCUT2D eigenvalue weighted by Crippen LogP contribution is -2.28. The van der Waals surface area contributed by atoms with E-state index in [4.69, 9.17) is 23.2 Å². The second-order valence-corrected chi connectivity index (χ2v) is 4.29. The Morgan fingerprint density at radius 2 is 2.00 bits per heavy atom. The van der Waals surface area contributed by atoms with Gasteiger partial charge in [0.15, 0.2) is 0 Å². The smallest absolute Gasteiger partial charge is 0.233 e. The molecule has 0 heterocycles. The topological polar surface area (TPSA) is 58.2 Å². The van der Waals surface area contributed by atoms with Crippen molar-refractivity contribution in [2.45, 2.75) is 6.42 Å². The quantitative estimate of drug-likeness (QED) is 0.646. The van der Waals surface area contributed by atoms with Crippen molar-refractivity contribution < 1.29 is 9.59 Å². The van der Waals surface area contributed by atoms with Crippen LogP contribution in [0, 0.1) is 0 Å². The molecule has 18 heavy (non-hydrogen) atoms. The summed E-state index contributed by atoms with van der Waals surface area (Å²) in [4.78, 5) is 22.8. The molecule has 6 heteroatoms. The molecule has 1 aromatic carbocycles. The average Bonchev–Trinajstić information content (AvgIpc) is 2.31. The van der Waals surface area contributed by atoms with Crippen LogP contribution in [0.5, 0.6) is 0 Å². The number of benzene rings is 1. The van der Waals surface area contributed by atoms with Gasteiger partial charge in [-0.1, -0.05) is 29.3 Å². The number of anilines is 1. The van der Waals surface area contributed by atoms with Gasteiger partial charge in [-0.15, -0.1) is 6.58 Å². The molecule has 0 aliphatic heterocycles. The van der Waals surface area contributed by atoms with Gasteiger partial charge in [-0.25, -0.2) is 0 Å². The van der Waals surface area contributed by atoms with Crippen molar-refractivity contribution in [1.29, 1.82) is 0 Å². The first-order chi connectivity index (χ1) is 8.52. The highest BCUT2D eigenvalue weighted by atomic mass is 35.5. The van der Waals surface area contributed by atoms with Gasteiger partial charge in [-0.3, -0.25) is 9.59 Å². The summed E-state index contributed by atoms with van der Waals surface area (Å²) in [5.41, 5.74) is 0.380. The minimum absolute atomic E-state index is 0.281. The zero-order chi connectivity index (χ0) is 13.5. The lowest BCUT2D eigenvalue weighted by atomic mass is 10.3. The third kappa shape index (κ3) is 4.77. The van der Waals surface area contributed by atoms with E-state index in [2.05, 4.69) is 17.2 Å². The van der Waals surface area contributed by atoms with Crippen molar-refractivity contribution in [2.75, 3.05) is 11.9 Å². The first-order valence-electron chi connectivity index (χ1n) is 5.15. The molecule has 0 radical (unpaired) electrons. The minimum Gasteiger partial charge on any atom is -0.352 e. The van der Waals surface area contributed by atoms with E-state index < -0.39 is 5.91 Å².